The minimum atomic E-state index is -0.330. The van der Waals surface area contributed by atoms with Crippen molar-refractivity contribution >= 4 is 29.0 Å². The van der Waals surface area contributed by atoms with Crippen molar-refractivity contribution in [2.45, 2.75) is 29.3 Å². The maximum Gasteiger partial charge on any atom is 0.240 e. The van der Waals surface area contributed by atoms with E-state index >= 15 is 0 Å². The number of amides is 1. The summed E-state index contributed by atoms with van der Waals surface area (Å²) in [5.74, 6) is 0.971. The molecule has 2 heterocycles. The average molecular weight is 385 g/mol. The Morgan fingerprint density at radius 1 is 1.19 bits per heavy atom. The molecule has 7 heteroatoms. The second-order valence-corrected chi connectivity index (χ2v) is 8.55. The second kappa shape index (κ2) is 7.25. The van der Waals surface area contributed by atoms with Gasteiger partial charge in [0.15, 0.2) is 11.0 Å². The van der Waals surface area contributed by atoms with Crippen LogP contribution in [0, 0.1) is 0 Å². The first-order valence-electron chi connectivity index (χ1n) is 8.56. The third-order valence-corrected chi connectivity index (χ3v) is 6.37. The molecule has 5 nitrogen and oxygen atoms in total. The Morgan fingerprint density at radius 2 is 1.96 bits per heavy atom. The highest BCUT2D eigenvalue weighted by atomic mass is 32.2. The first-order valence-corrected chi connectivity index (χ1v) is 10.3. The molecule has 0 bridgehead atoms. The van der Waals surface area contributed by atoms with Crippen LogP contribution in [0.25, 0.3) is 10.7 Å². The van der Waals surface area contributed by atoms with Gasteiger partial charge in [-0.25, -0.2) is 0 Å². The van der Waals surface area contributed by atoms with E-state index in [1.54, 1.807) is 30.3 Å². The number of hydrogen-bond acceptors (Lipinski definition) is 5. The molecule has 0 saturated heterocycles. The first kappa shape index (κ1) is 17.3. The third-order valence-electron chi connectivity index (χ3n) is 4.31. The molecule has 1 atom stereocenters. The summed E-state index contributed by atoms with van der Waals surface area (Å²) in [6.07, 6.45) is 2.28. The Balaban J connectivity index is 1.71. The minimum absolute atomic E-state index is 0.0595. The summed E-state index contributed by atoms with van der Waals surface area (Å²) in [6.45, 7) is 0. The van der Waals surface area contributed by atoms with Gasteiger partial charge in [-0.3, -0.25) is 9.36 Å². The van der Waals surface area contributed by atoms with Crippen molar-refractivity contribution in [2.24, 2.45) is 0 Å². The fraction of sp³-hybridized carbons (Fsp3) is 0.316. The van der Waals surface area contributed by atoms with Crippen molar-refractivity contribution in [3.63, 3.8) is 0 Å². The highest BCUT2D eigenvalue weighted by Crippen LogP contribution is 2.44. The van der Waals surface area contributed by atoms with Crippen molar-refractivity contribution in [3.8, 4) is 10.7 Å². The van der Waals surface area contributed by atoms with Crippen LogP contribution in [0.1, 0.15) is 29.7 Å². The Labute approximate surface area is 161 Å². The zero-order chi connectivity index (χ0) is 18.1. The quantitative estimate of drug-likeness (QED) is 0.596. The van der Waals surface area contributed by atoms with Crippen LogP contribution in [0.3, 0.4) is 0 Å². The molecule has 0 aliphatic heterocycles. The van der Waals surface area contributed by atoms with Gasteiger partial charge in [-0.15, -0.1) is 21.5 Å². The van der Waals surface area contributed by atoms with Gasteiger partial charge in [-0.2, -0.15) is 0 Å². The number of hydrogen-bond donors (Lipinski definition) is 0. The van der Waals surface area contributed by atoms with Crippen LogP contribution in [-0.2, 0) is 4.79 Å². The molecular formula is C19H20N4OS2. The first-order chi connectivity index (χ1) is 12.6. The van der Waals surface area contributed by atoms with E-state index < -0.39 is 0 Å². The maximum absolute atomic E-state index is 12.8. The van der Waals surface area contributed by atoms with E-state index in [2.05, 4.69) is 26.2 Å². The van der Waals surface area contributed by atoms with Crippen LogP contribution in [-0.4, -0.2) is 39.7 Å². The topological polar surface area (TPSA) is 51.0 Å². The molecule has 1 amide bonds. The van der Waals surface area contributed by atoms with Crippen molar-refractivity contribution < 1.29 is 4.79 Å². The normalized spacial score (nSPS) is 15.0. The second-order valence-electron chi connectivity index (χ2n) is 6.53. The minimum Gasteiger partial charge on any atom is -0.348 e. The summed E-state index contributed by atoms with van der Waals surface area (Å²) in [6, 6.07) is 14.4. The molecule has 26 heavy (non-hydrogen) atoms. The predicted octanol–water partition coefficient (Wildman–Crippen LogP) is 4.26. The molecule has 0 N–H and O–H groups in total. The van der Waals surface area contributed by atoms with Crippen molar-refractivity contribution in [1.29, 1.82) is 0 Å². The zero-order valence-corrected chi connectivity index (χ0v) is 16.3. The highest BCUT2D eigenvalue weighted by Gasteiger charge is 2.33. The van der Waals surface area contributed by atoms with E-state index in [4.69, 9.17) is 0 Å². The number of nitrogens with zero attached hydrogens (tertiary/aromatic N) is 4. The number of rotatable bonds is 6. The molecule has 1 aliphatic rings. The van der Waals surface area contributed by atoms with Gasteiger partial charge >= 0.3 is 0 Å². The van der Waals surface area contributed by atoms with E-state index in [0.717, 1.165) is 34.3 Å². The molecule has 0 spiro atoms. The largest absolute Gasteiger partial charge is 0.348 e. The van der Waals surface area contributed by atoms with E-state index in [-0.39, 0.29) is 11.2 Å². The van der Waals surface area contributed by atoms with Crippen molar-refractivity contribution in [1.82, 2.24) is 19.7 Å². The van der Waals surface area contributed by atoms with Gasteiger partial charge in [-0.1, -0.05) is 48.2 Å². The lowest BCUT2D eigenvalue weighted by atomic mass is 10.1. The Hall–Kier alpha value is -2.12. The average Bonchev–Trinajstić information content (AvgIpc) is 3.18. The third kappa shape index (κ3) is 3.41. The summed E-state index contributed by atoms with van der Waals surface area (Å²) in [5.41, 5.74) is 0.985. The van der Waals surface area contributed by atoms with Gasteiger partial charge < -0.3 is 4.90 Å². The molecule has 4 rings (SSSR count). The summed E-state index contributed by atoms with van der Waals surface area (Å²) in [7, 11) is 3.59. The number of benzene rings is 1. The molecule has 1 fully saturated rings. The van der Waals surface area contributed by atoms with Crippen LogP contribution in [0.15, 0.2) is 53.0 Å². The van der Waals surface area contributed by atoms with Gasteiger partial charge in [0.25, 0.3) is 0 Å². The van der Waals surface area contributed by atoms with Crippen LogP contribution >= 0.6 is 23.1 Å². The molecular weight excluding hydrogens is 364 g/mol. The van der Waals surface area contributed by atoms with Gasteiger partial charge in [0.05, 0.1) is 4.88 Å². The number of likely N-dealkylation sites (N-methyl/N-ethyl adjacent to an activating group) is 1. The predicted molar refractivity (Wildman–Crippen MR) is 105 cm³/mol. The Kier molecular flexibility index (Phi) is 4.82. The van der Waals surface area contributed by atoms with E-state index in [1.807, 2.05) is 36.4 Å². The monoisotopic (exact) mass is 384 g/mol. The lowest BCUT2D eigenvalue weighted by molar-refractivity contribution is -0.128. The number of thiophene rings is 1. The smallest absolute Gasteiger partial charge is 0.240 e. The Bertz CT molecular complexity index is 886. The Morgan fingerprint density at radius 3 is 2.58 bits per heavy atom. The van der Waals surface area contributed by atoms with Crippen LogP contribution < -0.4 is 0 Å². The summed E-state index contributed by atoms with van der Waals surface area (Å²) in [4.78, 5) is 15.6. The fourth-order valence-electron chi connectivity index (χ4n) is 2.82. The molecule has 0 unspecified atom stereocenters. The van der Waals surface area contributed by atoms with Crippen LogP contribution in [0.4, 0.5) is 0 Å². The van der Waals surface area contributed by atoms with Gasteiger partial charge in [0, 0.05) is 20.1 Å². The maximum atomic E-state index is 12.8. The van der Waals surface area contributed by atoms with Crippen LogP contribution in [0.2, 0.25) is 0 Å². The fourth-order valence-corrected chi connectivity index (χ4v) is 4.78. The lowest BCUT2D eigenvalue weighted by Crippen LogP contribution is -2.27. The summed E-state index contributed by atoms with van der Waals surface area (Å²) >= 11 is 3.16. The molecule has 2 aromatic heterocycles. The van der Waals surface area contributed by atoms with E-state index in [9.17, 15) is 4.79 Å². The van der Waals surface area contributed by atoms with Crippen molar-refractivity contribution in [2.75, 3.05) is 14.1 Å². The number of aromatic nitrogens is 3. The number of carbonyl (C=O) groups is 1. The van der Waals surface area contributed by atoms with Gasteiger partial charge in [-0.05, 0) is 29.9 Å². The lowest BCUT2D eigenvalue weighted by Gasteiger charge is -2.20. The molecule has 1 saturated carbocycles. The molecule has 0 radical (unpaired) electrons. The molecule has 1 aromatic carbocycles. The summed E-state index contributed by atoms with van der Waals surface area (Å²) in [5, 5.41) is 11.4. The van der Waals surface area contributed by atoms with Gasteiger partial charge in [0.2, 0.25) is 5.91 Å². The zero-order valence-electron chi connectivity index (χ0n) is 14.7. The molecule has 1 aliphatic carbocycles. The summed E-state index contributed by atoms with van der Waals surface area (Å²) < 4.78 is 2.22. The van der Waals surface area contributed by atoms with E-state index in [1.165, 1.54) is 11.8 Å². The van der Waals surface area contributed by atoms with E-state index in [0.29, 0.717) is 6.04 Å². The number of carbonyl (C=O) groups excluding carboxylic acids is 1. The van der Waals surface area contributed by atoms with Crippen molar-refractivity contribution in [3.05, 3.63) is 53.4 Å². The van der Waals surface area contributed by atoms with Crippen LogP contribution in [0.5, 0.6) is 0 Å². The SMILES string of the molecule is CN(C)C(=O)[C@@H](Sc1nnc(-c2cccs2)n1C1CC1)c1ccccc1. The molecule has 134 valence electrons. The highest BCUT2D eigenvalue weighted by molar-refractivity contribution is 8.00. The number of thioether (sulfide) groups is 1. The van der Waals surface area contributed by atoms with Gasteiger partial charge in [0.1, 0.15) is 5.25 Å². The molecule has 3 aromatic rings. The standard InChI is InChI=1S/C19H20N4OS2/c1-22(2)18(24)16(13-7-4-3-5-8-13)26-19-21-20-17(15-9-6-12-25-15)23(19)14-10-11-14/h3-9,12,14,16H,10-11H2,1-2H3/t16-/m0/s1.